The maximum absolute atomic E-state index is 12.3. The number of carbonyl (C=O) groups is 1. The number of hydrogen-bond donors (Lipinski definition) is 2. The molecule has 7 heteroatoms. The number of aliphatic imine (C=N–C) groups is 1. The molecule has 7 nitrogen and oxygen atoms in total. The van der Waals surface area contributed by atoms with Gasteiger partial charge in [-0.1, -0.05) is 20.3 Å². The highest BCUT2D eigenvalue weighted by Gasteiger charge is 2.39. The van der Waals surface area contributed by atoms with E-state index in [0.29, 0.717) is 6.04 Å². The molecule has 0 atom stereocenters. The second-order valence-electron chi connectivity index (χ2n) is 10.2. The lowest BCUT2D eigenvalue weighted by molar-refractivity contribution is -0.135. The highest BCUT2D eigenvalue weighted by molar-refractivity contribution is 5.80. The Morgan fingerprint density at radius 1 is 1.03 bits per heavy atom. The first kappa shape index (κ1) is 24.3. The molecule has 3 rings (SSSR count). The number of likely N-dealkylation sites (tertiary alicyclic amines) is 3. The van der Waals surface area contributed by atoms with Crippen LogP contribution in [0.5, 0.6) is 0 Å². The fraction of sp³-hybridized carbons (Fsp3) is 0.917. The Kier molecular flexibility index (Phi) is 9.02. The van der Waals surface area contributed by atoms with Crippen LogP contribution in [-0.2, 0) is 4.79 Å². The molecule has 31 heavy (non-hydrogen) atoms. The highest BCUT2D eigenvalue weighted by atomic mass is 16.2. The van der Waals surface area contributed by atoms with Gasteiger partial charge >= 0.3 is 0 Å². The Morgan fingerprint density at radius 2 is 1.68 bits per heavy atom. The van der Waals surface area contributed by atoms with E-state index in [1.807, 2.05) is 18.7 Å². The molecule has 3 aliphatic rings. The van der Waals surface area contributed by atoms with Gasteiger partial charge in [0, 0.05) is 37.1 Å². The Bertz CT molecular complexity index is 585. The molecule has 0 bridgehead atoms. The summed E-state index contributed by atoms with van der Waals surface area (Å²) in [4.78, 5) is 24.7. The maximum Gasteiger partial charge on any atom is 0.225 e. The van der Waals surface area contributed by atoms with Crippen LogP contribution in [0.2, 0.25) is 0 Å². The normalized spacial score (nSPS) is 24.4. The number of nitrogens with one attached hydrogen (secondary N) is 2. The Morgan fingerprint density at radius 3 is 2.26 bits per heavy atom. The zero-order valence-electron chi connectivity index (χ0n) is 20.5. The number of rotatable bonds is 6. The predicted octanol–water partition coefficient (Wildman–Crippen LogP) is 2.14. The predicted molar refractivity (Wildman–Crippen MR) is 128 cm³/mol. The van der Waals surface area contributed by atoms with E-state index in [2.05, 4.69) is 34.4 Å². The third-order valence-corrected chi connectivity index (χ3v) is 7.46. The van der Waals surface area contributed by atoms with Crippen molar-refractivity contribution in [1.82, 2.24) is 25.3 Å². The van der Waals surface area contributed by atoms with Gasteiger partial charge in [-0.15, -0.1) is 0 Å². The highest BCUT2D eigenvalue weighted by Crippen LogP contribution is 2.31. The number of nitrogens with zero attached hydrogens (tertiary/aromatic N) is 4. The van der Waals surface area contributed by atoms with Crippen LogP contribution in [-0.4, -0.2) is 97.6 Å². The number of guanidine groups is 1. The molecule has 0 spiro atoms. The number of piperidine rings is 3. The van der Waals surface area contributed by atoms with Crippen molar-refractivity contribution in [3.63, 3.8) is 0 Å². The molecule has 3 saturated heterocycles. The summed E-state index contributed by atoms with van der Waals surface area (Å²) in [5.41, 5.74) is 0.211. The fourth-order valence-corrected chi connectivity index (χ4v) is 5.33. The summed E-state index contributed by atoms with van der Waals surface area (Å²) >= 11 is 0. The average molecular weight is 435 g/mol. The largest absolute Gasteiger partial charge is 0.357 e. The van der Waals surface area contributed by atoms with Gasteiger partial charge < -0.3 is 20.4 Å². The minimum atomic E-state index is 0.0869. The summed E-state index contributed by atoms with van der Waals surface area (Å²) < 4.78 is 0. The monoisotopic (exact) mass is 434 g/mol. The molecule has 0 radical (unpaired) electrons. The molecular weight excluding hydrogens is 388 g/mol. The van der Waals surface area contributed by atoms with Crippen LogP contribution in [0, 0.1) is 5.92 Å². The third-order valence-electron chi connectivity index (χ3n) is 7.46. The first-order chi connectivity index (χ1) is 14.9. The molecule has 0 saturated carbocycles. The molecule has 0 aromatic rings. The molecule has 0 unspecified atom stereocenters. The van der Waals surface area contributed by atoms with Gasteiger partial charge in [0.1, 0.15) is 0 Å². The quantitative estimate of drug-likeness (QED) is 0.495. The number of amides is 1. The Hall–Kier alpha value is -1.34. The minimum Gasteiger partial charge on any atom is -0.357 e. The van der Waals surface area contributed by atoms with E-state index in [9.17, 15) is 4.79 Å². The van der Waals surface area contributed by atoms with Gasteiger partial charge in [0.25, 0.3) is 0 Å². The van der Waals surface area contributed by atoms with Crippen molar-refractivity contribution in [1.29, 1.82) is 0 Å². The molecule has 2 N–H and O–H groups in total. The van der Waals surface area contributed by atoms with Gasteiger partial charge in [-0.25, -0.2) is 0 Å². The van der Waals surface area contributed by atoms with Crippen LogP contribution in [0.3, 0.4) is 0 Å². The topological polar surface area (TPSA) is 63.2 Å². The van der Waals surface area contributed by atoms with Gasteiger partial charge in [-0.05, 0) is 78.7 Å². The molecule has 178 valence electrons. The summed E-state index contributed by atoms with van der Waals surface area (Å²) in [5.74, 6) is 1.32. The van der Waals surface area contributed by atoms with Crippen LogP contribution >= 0.6 is 0 Å². The van der Waals surface area contributed by atoms with Crippen molar-refractivity contribution < 1.29 is 4.79 Å². The lowest BCUT2D eigenvalue weighted by Crippen LogP contribution is -2.58. The zero-order valence-corrected chi connectivity index (χ0v) is 20.5. The van der Waals surface area contributed by atoms with Crippen LogP contribution < -0.4 is 10.6 Å². The third kappa shape index (κ3) is 6.58. The van der Waals surface area contributed by atoms with Gasteiger partial charge in [-0.3, -0.25) is 14.7 Å². The van der Waals surface area contributed by atoms with Crippen LogP contribution in [0.1, 0.15) is 65.7 Å². The molecular formula is C24H46N6O. The summed E-state index contributed by atoms with van der Waals surface area (Å²) in [6, 6.07) is 0.387. The zero-order chi connectivity index (χ0) is 22.3. The van der Waals surface area contributed by atoms with Crippen molar-refractivity contribution >= 4 is 11.9 Å². The molecule has 0 aromatic heterocycles. The molecule has 3 fully saturated rings. The van der Waals surface area contributed by atoms with Crippen molar-refractivity contribution in [2.24, 2.45) is 10.9 Å². The van der Waals surface area contributed by atoms with E-state index in [0.717, 1.165) is 45.0 Å². The first-order valence-electron chi connectivity index (χ1n) is 12.7. The average Bonchev–Trinajstić information content (AvgIpc) is 2.79. The van der Waals surface area contributed by atoms with E-state index in [1.165, 1.54) is 58.3 Å². The molecule has 0 aromatic carbocycles. The van der Waals surface area contributed by atoms with Gasteiger partial charge in [0.05, 0.1) is 6.54 Å². The molecule has 3 heterocycles. The van der Waals surface area contributed by atoms with E-state index < -0.39 is 0 Å². The molecule has 3 aliphatic heterocycles. The SMILES string of the molecule is CCNC(=NCC1(N2CCCCC2)CCN(C)CC1)NC1CCN(C(=O)C(C)C)CC1. The van der Waals surface area contributed by atoms with E-state index in [-0.39, 0.29) is 17.4 Å². The van der Waals surface area contributed by atoms with Gasteiger partial charge in [0.2, 0.25) is 5.91 Å². The van der Waals surface area contributed by atoms with Crippen molar-refractivity contribution in [3.05, 3.63) is 0 Å². The van der Waals surface area contributed by atoms with Gasteiger partial charge in [0.15, 0.2) is 5.96 Å². The van der Waals surface area contributed by atoms with E-state index in [1.54, 1.807) is 0 Å². The van der Waals surface area contributed by atoms with Crippen LogP contribution in [0.25, 0.3) is 0 Å². The smallest absolute Gasteiger partial charge is 0.225 e. The van der Waals surface area contributed by atoms with Crippen molar-refractivity contribution in [3.8, 4) is 0 Å². The lowest BCUT2D eigenvalue weighted by atomic mass is 9.84. The minimum absolute atomic E-state index is 0.0869. The summed E-state index contributed by atoms with van der Waals surface area (Å²) in [7, 11) is 2.24. The lowest BCUT2D eigenvalue weighted by Gasteiger charge is -2.49. The first-order valence-corrected chi connectivity index (χ1v) is 12.7. The summed E-state index contributed by atoms with van der Waals surface area (Å²) in [5, 5.41) is 7.17. The Labute approximate surface area is 190 Å². The summed E-state index contributed by atoms with van der Waals surface area (Å²) in [6.45, 7) is 14.3. The van der Waals surface area contributed by atoms with Crippen LogP contribution in [0.4, 0.5) is 0 Å². The Balaban J connectivity index is 1.61. The molecule has 0 aliphatic carbocycles. The van der Waals surface area contributed by atoms with Crippen molar-refractivity contribution in [2.45, 2.75) is 77.3 Å². The van der Waals surface area contributed by atoms with Crippen LogP contribution in [0.15, 0.2) is 4.99 Å². The molecule has 1 amide bonds. The standard InChI is InChI=1S/C24H46N6O/c1-5-25-23(27-21-9-15-29(16-10-21)22(31)20(2)3)26-19-24(11-17-28(4)18-12-24)30-13-7-6-8-14-30/h20-21H,5-19H2,1-4H3,(H2,25,26,27). The number of carbonyl (C=O) groups excluding carboxylic acids is 1. The maximum atomic E-state index is 12.3. The second kappa shape index (κ2) is 11.5. The fourth-order valence-electron chi connectivity index (χ4n) is 5.33. The van der Waals surface area contributed by atoms with Crippen molar-refractivity contribution in [2.75, 3.05) is 59.4 Å². The second-order valence-corrected chi connectivity index (χ2v) is 10.2. The van der Waals surface area contributed by atoms with Gasteiger partial charge in [-0.2, -0.15) is 0 Å². The number of hydrogen-bond acceptors (Lipinski definition) is 4. The van der Waals surface area contributed by atoms with E-state index in [4.69, 9.17) is 4.99 Å². The summed E-state index contributed by atoms with van der Waals surface area (Å²) in [6.07, 6.45) is 8.43. The van der Waals surface area contributed by atoms with E-state index >= 15 is 0 Å².